The van der Waals surface area contributed by atoms with Crippen molar-refractivity contribution in [2.45, 2.75) is 51.2 Å². The largest absolute Gasteiger partial charge is 0.493 e. The molecule has 0 unspecified atom stereocenters. The highest BCUT2D eigenvalue weighted by atomic mass is 79.9. The average Bonchev–Trinajstić information content (AvgIpc) is 3.67. The van der Waals surface area contributed by atoms with E-state index in [1.54, 1.807) is 7.11 Å². The zero-order valence-corrected chi connectivity index (χ0v) is 32.9. The van der Waals surface area contributed by atoms with E-state index < -0.39 is 0 Å². The van der Waals surface area contributed by atoms with E-state index in [-0.39, 0.29) is 19.8 Å². The van der Waals surface area contributed by atoms with Crippen LogP contribution in [0.15, 0.2) is 60.7 Å². The van der Waals surface area contributed by atoms with Crippen LogP contribution in [-0.4, -0.2) is 92.0 Å². The number of nitrogens with zero attached hydrogens (tertiary/aromatic N) is 4. The molecule has 0 spiro atoms. The van der Waals surface area contributed by atoms with Gasteiger partial charge in [-0.3, -0.25) is 9.58 Å². The number of alkyl halides is 1. The number of methoxy groups -OCH3 is 1. The number of ether oxygens (including phenoxy) is 4. The van der Waals surface area contributed by atoms with Crippen LogP contribution in [0.5, 0.6) is 5.75 Å². The molecule has 0 saturated carbocycles. The summed E-state index contributed by atoms with van der Waals surface area (Å²) in [5.41, 5.74) is 6.95. The Bertz CT molecular complexity index is 1920. The van der Waals surface area contributed by atoms with Crippen molar-refractivity contribution in [2.75, 3.05) is 66.8 Å². The number of benzene rings is 3. The van der Waals surface area contributed by atoms with Gasteiger partial charge in [-0.25, -0.2) is 4.79 Å². The number of carbonyl (C=O) groups excluding carboxylic acids is 1. The van der Waals surface area contributed by atoms with Crippen LogP contribution < -0.4 is 10.1 Å². The van der Waals surface area contributed by atoms with Crippen LogP contribution in [0.1, 0.15) is 48.6 Å². The quantitative estimate of drug-likeness (QED) is 0.0554. The van der Waals surface area contributed by atoms with Gasteiger partial charge in [-0.1, -0.05) is 70.5 Å². The smallest absolute Gasteiger partial charge is 0.355 e. The molecule has 0 atom stereocenters. The third-order valence-electron chi connectivity index (χ3n) is 9.55. The molecule has 5 aromatic rings. The van der Waals surface area contributed by atoms with Gasteiger partial charge < -0.3 is 28.8 Å². The number of fused-ring (bicyclic) bond motifs is 2. The number of aromatic nitrogens is 3. The number of para-hydroxylation sites is 1. The number of morpholine rings is 1. The van der Waals surface area contributed by atoms with E-state index >= 15 is 0 Å². The van der Waals surface area contributed by atoms with E-state index in [0.29, 0.717) is 63.6 Å². The van der Waals surface area contributed by atoms with Gasteiger partial charge in [0.15, 0.2) is 0 Å². The normalized spacial score (nSPS) is 13.5. The van der Waals surface area contributed by atoms with Crippen molar-refractivity contribution in [1.29, 1.82) is 0 Å². The molecule has 3 heterocycles. The van der Waals surface area contributed by atoms with E-state index in [9.17, 15) is 4.79 Å². The monoisotopic (exact) mass is 797 g/mol. The fourth-order valence-electron chi connectivity index (χ4n) is 7.21. The molecule has 10 nitrogen and oxygen atoms in total. The Morgan fingerprint density at radius 1 is 1.00 bits per heavy atom. The van der Waals surface area contributed by atoms with E-state index in [2.05, 4.69) is 71.8 Å². The van der Waals surface area contributed by atoms with Crippen LogP contribution in [0.2, 0.25) is 0 Å². The van der Waals surface area contributed by atoms with Gasteiger partial charge in [0, 0.05) is 61.9 Å². The number of aryl methyl sites for hydroxylation is 2. The second-order valence-corrected chi connectivity index (χ2v) is 13.4. The number of nitrogens with one attached hydrogen (secondary N) is 1. The molecule has 0 bridgehead atoms. The van der Waals surface area contributed by atoms with Crippen LogP contribution in [0.3, 0.4) is 0 Å². The summed E-state index contributed by atoms with van der Waals surface area (Å²) in [4.78, 5) is 16.4. The second-order valence-electron chi connectivity index (χ2n) is 12.8. The number of esters is 1. The minimum Gasteiger partial charge on any atom is -0.493 e. The van der Waals surface area contributed by atoms with Gasteiger partial charge in [0.05, 0.1) is 56.5 Å². The number of carbonyl (C=O) groups is 1. The molecular weight excluding hydrogens is 746 g/mol. The lowest BCUT2D eigenvalue weighted by Crippen LogP contribution is -2.36. The first-order chi connectivity index (χ1) is 25.1. The van der Waals surface area contributed by atoms with Crippen molar-refractivity contribution in [3.8, 4) is 16.9 Å². The van der Waals surface area contributed by atoms with Crippen molar-refractivity contribution >= 4 is 56.0 Å². The van der Waals surface area contributed by atoms with Crippen LogP contribution in [-0.2, 0) is 45.6 Å². The van der Waals surface area contributed by atoms with Gasteiger partial charge in [-0.2, -0.15) is 5.10 Å². The van der Waals surface area contributed by atoms with Crippen molar-refractivity contribution in [3.63, 3.8) is 0 Å². The third kappa shape index (κ3) is 8.84. The van der Waals surface area contributed by atoms with E-state index in [1.165, 1.54) is 0 Å². The lowest BCUT2D eigenvalue weighted by molar-refractivity contribution is 0.0329. The molecule has 0 radical (unpaired) electrons. The standard InChI is InChI=1S/C40H50BrN5O5.ClH.H2/c1-4-50-40(47)39-32(16-9-23-51-36-17-7-12-29-11-5-6-13-30(29)36)31-14-8-15-33(38(31)45(39)19-10-18-42-2)37-34(27-41)43-46(22-24-48-3)35(37)28-44-20-25-49-26-21-44;;/h5-8,11-15,17,42H,4,9-10,16,18-28H2,1-3H3;2*1H. The van der Waals surface area contributed by atoms with Gasteiger partial charge in [-0.05, 0) is 56.8 Å². The maximum absolute atomic E-state index is 14.0. The molecule has 282 valence electrons. The maximum atomic E-state index is 14.0. The fourth-order valence-corrected chi connectivity index (χ4v) is 7.60. The molecule has 52 heavy (non-hydrogen) atoms. The predicted octanol–water partition coefficient (Wildman–Crippen LogP) is 7.50. The number of hydrogen-bond acceptors (Lipinski definition) is 8. The minimum absolute atomic E-state index is 0. The fraction of sp³-hybridized carbons (Fsp3) is 0.450. The Morgan fingerprint density at radius 2 is 1.77 bits per heavy atom. The van der Waals surface area contributed by atoms with Crippen LogP contribution in [0.25, 0.3) is 32.8 Å². The first-order valence-corrected chi connectivity index (χ1v) is 19.2. The molecule has 1 N–H and O–H groups in total. The zero-order chi connectivity index (χ0) is 35.6. The summed E-state index contributed by atoms with van der Waals surface area (Å²) in [5.74, 6) is 0.579. The topological polar surface area (TPSA) is 92.0 Å². The van der Waals surface area contributed by atoms with Gasteiger partial charge in [0.2, 0.25) is 0 Å². The molecule has 1 fully saturated rings. The van der Waals surface area contributed by atoms with Gasteiger partial charge in [0.25, 0.3) is 0 Å². The predicted molar refractivity (Wildman–Crippen MR) is 215 cm³/mol. The molecule has 12 heteroatoms. The molecular formula is C40H53BrClN5O5. The number of halogens is 2. The van der Waals surface area contributed by atoms with Crippen molar-refractivity contribution < 1.29 is 25.2 Å². The summed E-state index contributed by atoms with van der Waals surface area (Å²) >= 11 is 3.78. The van der Waals surface area contributed by atoms with E-state index in [4.69, 9.17) is 24.0 Å². The first-order valence-electron chi connectivity index (χ1n) is 18.1. The summed E-state index contributed by atoms with van der Waals surface area (Å²) in [5, 5.41) is 12.3. The van der Waals surface area contributed by atoms with Gasteiger partial charge in [-0.15, -0.1) is 12.4 Å². The lowest BCUT2D eigenvalue weighted by atomic mass is 9.98. The molecule has 6 rings (SSSR count). The summed E-state index contributed by atoms with van der Waals surface area (Å²) in [7, 11) is 3.68. The highest BCUT2D eigenvalue weighted by molar-refractivity contribution is 9.08. The Kier molecular flexibility index (Phi) is 15.0. The Morgan fingerprint density at radius 3 is 2.54 bits per heavy atom. The molecule has 1 aliphatic heterocycles. The Hall–Kier alpha value is -3.45. The molecule has 3 aromatic carbocycles. The Labute approximate surface area is 322 Å². The van der Waals surface area contributed by atoms with E-state index in [1.807, 2.05) is 38.2 Å². The van der Waals surface area contributed by atoms with Crippen LogP contribution in [0.4, 0.5) is 0 Å². The molecule has 1 aliphatic rings. The maximum Gasteiger partial charge on any atom is 0.355 e. The van der Waals surface area contributed by atoms with Crippen molar-refractivity contribution in [3.05, 3.63) is 83.3 Å². The Balaban J connectivity index is 0.00000314. The summed E-state index contributed by atoms with van der Waals surface area (Å²) in [6, 6.07) is 20.9. The van der Waals surface area contributed by atoms with E-state index in [0.717, 1.165) is 94.5 Å². The molecule has 0 aliphatic carbocycles. The zero-order valence-electron chi connectivity index (χ0n) is 30.5. The molecule has 2 aromatic heterocycles. The van der Waals surface area contributed by atoms with Crippen molar-refractivity contribution in [1.82, 2.24) is 24.6 Å². The second kappa shape index (κ2) is 19.6. The third-order valence-corrected chi connectivity index (χ3v) is 10.1. The average molecular weight is 799 g/mol. The minimum atomic E-state index is -0.292. The van der Waals surface area contributed by atoms with Gasteiger partial charge >= 0.3 is 5.97 Å². The van der Waals surface area contributed by atoms with Crippen LogP contribution in [0, 0.1) is 0 Å². The first kappa shape index (κ1) is 39.8. The van der Waals surface area contributed by atoms with Crippen LogP contribution >= 0.6 is 28.3 Å². The summed E-state index contributed by atoms with van der Waals surface area (Å²) in [6.45, 7) is 9.27. The van der Waals surface area contributed by atoms with Gasteiger partial charge in [0.1, 0.15) is 11.4 Å². The highest BCUT2D eigenvalue weighted by Gasteiger charge is 2.29. The van der Waals surface area contributed by atoms with Crippen molar-refractivity contribution in [2.24, 2.45) is 0 Å². The SMILES string of the molecule is CCOC(=O)c1c(CCCOc2cccc3ccccc23)c2cccc(-c3c(CBr)nn(CCOC)c3CN3CCOCC3)c2n1CCCNC.Cl.[HH]. The lowest BCUT2D eigenvalue weighted by Gasteiger charge is -2.27. The number of hydrogen-bond donors (Lipinski definition) is 1. The molecule has 0 amide bonds. The number of rotatable bonds is 18. The summed E-state index contributed by atoms with van der Waals surface area (Å²) < 4.78 is 27.6. The summed E-state index contributed by atoms with van der Waals surface area (Å²) in [6.07, 6.45) is 2.25. The highest BCUT2D eigenvalue weighted by Crippen LogP contribution is 2.40. The molecule has 1 saturated heterocycles.